The van der Waals surface area contributed by atoms with E-state index in [1.807, 2.05) is 4.90 Å². The second kappa shape index (κ2) is 9.77. The number of hydrogen-bond donors (Lipinski definition) is 0. The van der Waals surface area contributed by atoms with Crippen molar-refractivity contribution < 1.29 is 37.0 Å². The minimum Gasteiger partial charge on any atom is -0.486 e. The lowest BCUT2D eigenvalue weighted by molar-refractivity contribution is -0.274. The number of aromatic nitrogens is 5. The number of tetrazole rings is 1. The minimum atomic E-state index is -4.91. The Bertz CT molecular complexity index is 1390. The van der Waals surface area contributed by atoms with Gasteiger partial charge in [-0.3, -0.25) is 4.79 Å². The zero-order chi connectivity index (χ0) is 28.0. The van der Waals surface area contributed by atoms with Gasteiger partial charge in [0.05, 0.1) is 17.5 Å². The maximum atomic E-state index is 12.9. The SMILES string of the molecule is CC(C)(C)OC(=O)Cn1nnc(-c2cnc(N3CCC4(CC3)CC(=O)c3c(OC(F)(F)F)cccc3O4)s2)n1. The van der Waals surface area contributed by atoms with E-state index in [2.05, 4.69) is 25.1 Å². The number of Topliss-reactive ketones (excluding diaryl/α,β-unsaturated/α-hetero) is 1. The first-order chi connectivity index (χ1) is 18.3. The number of carbonyl (C=O) groups excluding carboxylic acids is 2. The van der Waals surface area contributed by atoms with Crippen molar-refractivity contribution in [3.63, 3.8) is 0 Å². The van der Waals surface area contributed by atoms with E-state index in [0.717, 1.165) is 10.9 Å². The summed E-state index contributed by atoms with van der Waals surface area (Å²) < 4.78 is 53.8. The molecule has 1 fully saturated rings. The summed E-state index contributed by atoms with van der Waals surface area (Å²) in [6.45, 7) is 6.18. The van der Waals surface area contributed by atoms with E-state index in [-0.39, 0.29) is 24.3 Å². The fourth-order valence-electron chi connectivity index (χ4n) is 4.53. The third-order valence-corrected chi connectivity index (χ3v) is 7.16. The second-order valence-electron chi connectivity index (χ2n) is 10.3. The van der Waals surface area contributed by atoms with Crippen molar-refractivity contribution in [3.8, 4) is 22.2 Å². The van der Waals surface area contributed by atoms with Gasteiger partial charge in [0.1, 0.15) is 28.3 Å². The lowest BCUT2D eigenvalue weighted by Gasteiger charge is -2.44. The molecule has 0 amide bonds. The lowest BCUT2D eigenvalue weighted by atomic mass is 9.82. The summed E-state index contributed by atoms with van der Waals surface area (Å²) in [6, 6.07) is 3.97. The van der Waals surface area contributed by atoms with Crippen LogP contribution < -0.4 is 14.4 Å². The van der Waals surface area contributed by atoms with Gasteiger partial charge in [-0.2, -0.15) is 4.80 Å². The number of carbonyl (C=O) groups is 2. The molecule has 0 unspecified atom stereocenters. The molecule has 5 rings (SSSR count). The first-order valence-electron chi connectivity index (χ1n) is 12.1. The number of thiazole rings is 1. The van der Waals surface area contributed by atoms with Crippen LogP contribution in [0.25, 0.3) is 10.7 Å². The van der Waals surface area contributed by atoms with Crippen LogP contribution in [0.5, 0.6) is 11.5 Å². The molecular weight excluding hydrogens is 541 g/mol. The Morgan fingerprint density at radius 3 is 2.64 bits per heavy atom. The van der Waals surface area contributed by atoms with Gasteiger partial charge in [0.25, 0.3) is 0 Å². The Kier molecular flexibility index (Phi) is 6.73. The van der Waals surface area contributed by atoms with Crippen molar-refractivity contribution in [3.05, 3.63) is 30.0 Å². The van der Waals surface area contributed by atoms with E-state index in [9.17, 15) is 22.8 Å². The quantitative estimate of drug-likeness (QED) is 0.418. The molecular formula is C24H25F3N6O5S. The maximum absolute atomic E-state index is 12.9. The van der Waals surface area contributed by atoms with Crippen molar-refractivity contribution in [2.24, 2.45) is 0 Å². The van der Waals surface area contributed by atoms with E-state index in [0.29, 0.717) is 41.8 Å². The molecule has 1 saturated heterocycles. The maximum Gasteiger partial charge on any atom is 0.573 e. The van der Waals surface area contributed by atoms with Crippen LogP contribution in [0.4, 0.5) is 18.3 Å². The Labute approximate surface area is 224 Å². The van der Waals surface area contributed by atoms with Gasteiger partial charge in [0.2, 0.25) is 5.82 Å². The highest BCUT2D eigenvalue weighted by atomic mass is 32.1. The molecule has 2 aliphatic rings. The number of rotatable bonds is 5. The molecule has 0 N–H and O–H groups in total. The summed E-state index contributed by atoms with van der Waals surface area (Å²) in [4.78, 5) is 33.3. The van der Waals surface area contributed by atoms with Crippen LogP contribution in [0.15, 0.2) is 24.4 Å². The topological polar surface area (TPSA) is 122 Å². The molecule has 1 spiro atoms. The molecule has 0 radical (unpaired) electrons. The van der Waals surface area contributed by atoms with E-state index < -0.39 is 35.1 Å². The molecule has 2 aliphatic heterocycles. The average Bonchev–Trinajstić information content (AvgIpc) is 3.47. The van der Waals surface area contributed by atoms with Crippen LogP contribution in [-0.4, -0.2) is 67.6 Å². The number of ether oxygens (including phenoxy) is 3. The number of piperidine rings is 1. The highest BCUT2D eigenvalue weighted by molar-refractivity contribution is 7.18. The summed E-state index contributed by atoms with van der Waals surface area (Å²) in [5, 5.41) is 12.9. The smallest absolute Gasteiger partial charge is 0.486 e. The monoisotopic (exact) mass is 566 g/mol. The van der Waals surface area contributed by atoms with Crippen LogP contribution in [0.3, 0.4) is 0 Å². The average molecular weight is 567 g/mol. The summed E-state index contributed by atoms with van der Waals surface area (Å²) in [7, 11) is 0. The number of halogens is 3. The zero-order valence-electron chi connectivity index (χ0n) is 21.3. The minimum absolute atomic E-state index is 0.0418. The third-order valence-electron chi connectivity index (χ3n) is 6.10. The number of alkyl halides is 3. The largest absolute Gasteiger partial charge is 0.573 e. The fourth-order valence-corrected chi connectivity index (χ4v) is 5.42. The predicted molar refractivity (Wildman–Crippen MR) is 132 cm³/mol. The van der Waals surface area contributed by atoms with Crippen LogP contribution in [0, 0.1) is 0 Å². The number of benzene rings is 1. The van der Waals surface area contributed by atoms with Crippen LogP contribution in [-0.2, 0) is 16.1 Å². The third kappa shape index (κ3) is 6.13. The predicted octanol–water partition coefficient (Wildman–Crippen LogP) is 4.04. The molecule has 15 heteroatoms. The number of anilines is 1. The molecule has 11 nitrogen and oxygen atoms in total. The van der Waals surface area contributed by atoms with E-state index in [1.54, 1.807) is 27.0 Å². The Balaban J connectivity index is 1.23. The van der Waals surface area contributed by atoms with Gasteiger partial charge in [-0.25, -0.2) is 9.78 Å². The standard InChI is InChI=1S/C24H25F3N6O5S/c1-22(2,3)38-18(35)13-33-30-20(29-31-33)17-12-28-21(39-17)32-9-7-23(8-10-32)11-14(34)19-15(36-23)5-4-6-16(19)37-24(25,26)27/h4-6,12H,7-11,13H2,1-3H3. The van der Waals surface area contributed by atoms with E-state index in [4.69, 9.17) is 9.47 Å². The molecule has 4 heterocycles. The first-order valence-corrected chi connectivity index (χ1v) is 12.9. The molecule has 0 atom stereocenters. The molecule has 208 valence electrons. The number of nitrogens with zero attached hydrogens (tertiary/aromatic N) is 6. The van der Waals surface area contributed by atoms with Crippen LogP contribution in [0.2, 0.25) is 0 Å². The van der Waals surface area contributed by atoms with Crippen molar-refractivity contribution in [2.45, 2.75) is 64.1 Å². The van der Waals surface area contributed by atoms with Gasteiger partial charge in [0, 0.05) is 25.9 Å². The van der Waals surface area contributed by atoms with Crippen molar-refractivity contribution in [2.75, 3.05) is 18.0 Å². The number of esters is 1. The Morgan fingerprint density at radius 2 is 1.95 bits per heavy atom. The van der Waals surface area contributed by atoms with Crippen LogP contribution in [0.1, 0.15) is 50.4 Å². The van der Waals surface area contributed by atoms with Crippen molar-refractivity contribution in [1.29, 1.82) is 0 Å². The summed E-state index contributed by atoms with van der Waals surface area (Å²) in [5.74, 6) is -1.05. The van der Waals surface area contributed by atoms with Gasteiger partial charge >= 0.3 is 12.3 Å². The highest BCUT2D eigenvalue weighted by Crippen LogP contribution is 2.44. The number of fused-ring (bicyclic) bond motifs is 1. The Hall–Kier alpha value is -3.75. The van der Waals surface area contributed by atoms with Gasteiger partial charge < -0.3 is 19.1 Å². The van der Waals surface area contributed by atoms with Crippen LogP contribution >= 0.6 is 11.3 Å². The first kappa shape index (κ1) is 26.8. The Morgan fingerprint density at radius 1 is 1.21 bits per heavy atom. The summed E-state index contributed by atoms with van der Waals surface area (Å²) >= 11 is 1.36. The lowest BCUT2D eigenvalue weighted by Crippen LogP contribution is -2.51. The second-order valence-corrected chi connectivity index (χ2v) is 11.3. The van der Waals surface area contributed by atoms with Gasteiger partial charge in [-0.05, 0) is 38.1 Å². The number of ketones is 1. The molecule has 0 aliphatic carbocycles. The molecule has 0 saturated carbocycles. The normalized spacial score (nSPS) is 17.1. The molecule has 39 heavy (non-hydrogen) atoms. The van der Waals surface area contributed by atoms with Gasteiger partial charge in [0.15, 0.2) is 17.5 Å². The highest BCUT2D eigenvalue weighted by Gasteiger charge is 2.45. The van der Waals surface area contributed by atoms with Crippen molar-refractivity contribution in [1.82, 2.24) is 25.2 Å². The fraction of sp³-hybridized carbons (Fsp3) is 0.500. The number of hydrogen-bond acceptors (Lipinski definition) is 11. The van der Waals surface area contributed by atoms with Gasteiger partial charge in [-0.1, -0.05) is 17.4 Å². The van der Waals surface area contributed by atoms with E-state index in [1.165, 1.54) is 23.5 Å². The molecule has 1 aromatic carbocycles. The summed E-state index contributed by atoms with van der Waals surface area (Å²) in [6.07, 6.45) is -2.38. The molecule has 3 aromatic rings. The molecule has 0 bridgehead atoms. The molecule has 2 aromatic heterocycles. The zero-order valence-corrected chi connectivity index (χ0v) is 22.1. The van der Waals surface area contributed by atoms with Crippen molar-refractivity contribution >= 4 is 28.2 Å². The summed E-state index contributed by atoms with van der Waals surface area (Å²) in [5.41, 5.74) is -1.62. The van der Waals surface area contributed by atoms with E-state index >= 15 is 0 Å². The van der Waals surface area contributed by atoms with Gasteiger partial charge in [-0.15, -0.1) is 23.4 Å².